The normalized spacial score (nSPS) is 15.6. The molecule has 3 rings (SSSR count). The Morgan fingerprint density at radius 2 is 1.92 bits per heavy atom. The van der Waals surface area contributed by atoms with Crippen LogP contribution < -0.4 is 5.32 Å². The Bertz CT molecular complexity index is 819. The summed E-state index contributed by atoms with van der Waals surface area (Å²) in [5.41, 5.74) is 4.38. The summed E-state index contributed by atoms with van der Waals surface area (Å²) in [6.07, 6.45) is 1.05. The molecule has 2 aromatic carbocycles. The van der Waals surface area contributed by atoms with Gasteiger partial charge in [-0.3, -0.25) is 4.79 Å². The van der Waals surface area contributed by atoms with E-state index in [0.717, 1.165) is 27.9 Å². The van der Waals surface area contributed by atoms with Gasteiger partial charge in [0.25, 0.3) is 0 Å². The molecule has 136 valence electrons. The van der Waals surface area contributed by atoms with Crippen LogP contribution in [0.5, 0.6) is 0 Å². The zero-order valence-electron chi connectivity index (χ0n) is 15.4. The van der Waals surface area contributed by atoms with Crippen LogP contribution in [-0.4, -0.2) is 15.5 Å². The molecule has 0 bridgehead atoms. The first kappa shape index (κ1) is 19.1. The summed E-state index contributed by atoms with van der Waals surface area (Å²) in [5.74, 6) is 1.35. The molecule has 5 heteroatoms. The van der Waals surface area contributed by atoms with Crippen molar-refractivity contribution in [1.29, 1.82) is 0 Å². The lowest BCUT2D eigenvalue weighted by atomic mass is 9.97. The summed E-state index contributed by atoms with van der Waals surface area (Å²) >= 11 is 3.23. The van der Waals surface area contributed by atoms with E-state index in [1.165, 1.54) is 22.9 Å². The highest BCUT2D eigenvalue weighted by Gasteiger charge is 2.21. The average molecular weight is 385 g/mol. The van der Waals surface area contributed by atoms with Crippen molar-refractivity contribution in [3.8, 4) is 0 Å². The van der Waals surface area contributed by atoms with Crippen LogP contribution in [0.15, 0.2) is 53.5 Å². The Morgan fingerprint density at radius 1 is 1.19 bits per heavy atom. The minimum atomic E-state index is -0.198. The second-order valence-corrected chi connectivity index (χ2v) is 8.99. The molecule has 3 nitrogen and oxygen atoms in total. The minimum Gasteiger partial charge on any atom is -0.325 e. The highest BCUT2D eigenvalue weighted by molar-refractivity contribution is 8.39. The van der Waals surface area contributed by atoms with Gasteiger partial charge in [-0.05, 0) is 42.5 Å². The topological polar surface area (TPSA) is 41.5 Å². The van der Waals surface area contributed by atoms with Gasteiger partial charge in [-0.15, -0.1) is 0 Å². The highest BCUT2D eigenvalue weighted by atomic mass is 32.2. The van der Waals surface area contributed by atoms with E-state index in [-0.39, 0.29) is 11.2 Å². The predicted molar refractivity (Wildman–Crippen MR) is 116 cm³/mol. The lowest BCUT2D eigenvalue weighted by molar-refractivity contribution is -0.115. The molecular weight excluding hydrogens is 360 g/mol. The van der Waals surface area contributed by atoms with E-state index in [4.69, 9.17) is 4.99 Å². The van der Waals surface area contributed by atoms with Gasteiger partial charge < -0.3 is 5.32 Å². The highest BCUT2D eigenvalue weighted by Crippen LogP contribution is 2.36. The van der Waals surface area contributed by atoms with Crippen LogP contribution in [0.25, 0.3) is 0 Å². The first-order valence-electron chi connectivity index (χ1n) is 8.94. The molecule has 1 N–H and O–H groups in total. The number of rotatable bonds is 5. The standard InChI is InChI=1S/C21H24N2OS2/c1-4-14(2)17-10-6-8-12-19(17)22-20(24)15(3)26-21-23-18-11-7-5-9-16(18)13-25-21/h5-12,14-15H,4,13H2,1-3H3,(H,22,24)/t14-,15+/m0/s1. The van der Waals surface area contributed by atoms with Gasteiger partial charge in [0.2, 0.25) is 5.91 Å². The van der Waals surface area contributed by atoms with E-state index in [9.17, 15) is 4.79 Å². The van der Waals surface area contributed by atoms with Crippen molar-refractivity contribution in [3.05, 3.63) is 59.7 Å². The fraction of sp³-hybridized carbons (Fsp3) is 0.333. The SMILES string of the molecule is CC[C@H](C)c1ccccc1NC(=O)[C@@H](C)SC1=Nc2ccccc2CS1. The number of fused-ring (bicyclic) bond motifs is 1. The molecule has 2 atom stereocenters. The molecular formula is C21H24N2OS2. The van der Waals surface area contributed by atoms with Crippen LogP contribution in [0.3, 0.4) is 0 Å². The molecule has 1 aliphatic rings. The van der Waals surface area contributed by atoms with Crippen molar-refractivity contribution in [3.63, 3.8) is 0 Å². The maximum atomic E-state index is 12.7. The molecule has 0 unspecified atom stereocenters. The first-order chi connectivity index (χ1) is 12.6. The van der Waals surface area contributed by atoms with Crippen LogP contribution in [0, 0.1) is 0 Å². The monoisotopic (exact) mass is 384 g/mol. The molecule has 1 aliphatic heterocycles. The van der Waals surface area contributed by atoms with Gasteiger partial charge in [-0.1, -0.05) is 73.8 Å². The zero-order chi connectivity index (χ0) is 18.5. The zero-order valence-corrected chi connectivity index (χ0v) is 17.0. The van der Waals surface area contributed by atoms with E-state index in [1.54, 1.807) is 11.8 Å². The largest absolute Gasteiger partial charge is 0.325 e. The molecule has 2 aromatic rings. The van der Waals surface area contributed by atoms with Gasteiger partial charge in [0.05, 0.1) is 10.9 Å². The van der Waals surface area contributed by atoms with Crippen molar-refractivity contribution < 1.29 is 4.79 Å². The van der Waals surface area contributed by atoms with Crippen LogP contribution in [0.1, 0.15) is 44.2 Å². The second-order valence-electron chi connectivity index (χ2n) is 6.44. The number of carbonyl (C=O) groups is 1. The number of hydrogen-bond acceptors (Lipinski definition) is 4. The van der Waals surface area contributed by atoms with Crippen LogP contribution in [0.4, 0.5) is 11.4 Å². The predicted octanol–water partition coefficient (Wildman–Crippen LogP) is 6.19. The summed E-state index contributed by atoms with van der Waals surface area (Å²) in [7, 11) is 0. The molecule has 0 saturated heterocycles. The van der Waals surface area contributed by atoms with E-state index < -0.39 is 0 Å². The van der Waals surface area contributed by atoms with Gasteiger partial charge in [0.1, 0.15) is 4.38 Å². The molecule has 1 heterocycles. The number of amides is 1. The Morgan fingerprint density at radius 3 is 2.73 bits per heavy atom. The van der Waals surface area contributed by atoms with E-state index in [0.29, 0.717) is 5.92 Å². The summed E-state index contributed by atoms with van der Waals surface area (Å²) in [6, 6.07) is 16.3. The smallest absolute Gasteiger partial charge is 0.237 e. The van der Waals surface area contributed by atoms with E-state index in [1.807, 2.05) is 43.3 Å². The van der Waals surface area contributed by atoms with Crippen molar-refractivity contribution in [1.82, 2.24) is 0 Å². The van der Waals surface area contributed by atoms with Gasteiger partial charge in [0, 0.05) is 11.4 Å². The number of hydrogen-bond donors (Lipinski definition) is 1. The van der Waals surface area contributed by atoms with Crippen LogP contribution in [-0.2, 0) is 10.5 Å². The summed E-state index contributed by atoms with van der Waals surface area (Å²) in [5, 5.41) is 2.91. The fourth-order valence-corrected chi connectivity index (χ4v) is 4.96. The Kier molecular flexibility index (Phi) is 6.43. The number of para-hydroxylation sites is 2. The summed E-state index contributed by atoms with van der Waals surface area (Å²) < 4.78 is 0.960. The maximum absolute atomic E-state index is 12.7. The van der Waals surface area contributed by atoms with Crippen LogP contribution >= 0.6 is 23.5 Å². The van der Waals surface area contributed by atoms with Gasteiger partial charge in [-0.25, -0.2) is 4.99 Å². The quantitative estimate of drug-likeness (QED) is 0.668. The fourth-order valence-electron chi connectivity index (χ4n) is 2.77. The molecule has 0 aliphatic carbocycles. The van der Waals surface area contributed by atoms with Crippen molar-refractivity contribution >= 4 is 45.2 Å². The number of anilines is 1. The van der Waals surface area contributed by atoms with Gasteiger partial charge in [0.15, 0.2) is 0 Å². The first-order valence-corrected chi connectivity index (χ1v) is 10.8. The average Bonchev–Trinajstić information content (AvgIpc) is 2.67. The molecule has 0 spiro atoms. The number of nitrogens with zero attached hydrogens (tertiary/aromatic N) is 1. The maximum Gasteiger partial charge on any atom is 0.237 e. The van der Waals surface area contributed by atoms with Crippen LogP contribution in [0.2, 0.25) is 0 Å². The third-order valence-corrected chi connectivity index (χ3v) is 6.86. The Balaban J connectivity index is 1.67. The number of thioether (sulfide) groups is 2. The molecule has 0 radical (unpaired) electrons. The van der Waals surface area contributed by atoms with E-state index in [2.05, 4.69) is 31.3 Å². The number of benzene rings is 2. The summed E-state index contributed by atoms with van der Waals surface area (Å²) in [4.78, 5) is 17.4. The molecule has 26 heavy (non-hydrogen) atoms. The molecule has 0 aromatic heterocycles. The third-order valence-electron chi connectivity index (χ3n) is 4.56. The Labute approximate surface area is 164 Å². The van der Waals surface area contributed by atoms with Crippen molar-refractivity contribution in [2.45, 2.75) is 44.1 Å². The van der Waals surface area contributed by atoms with Crippen molar-refractivity contribution in [2.24, 2.45) is 4.99 Å². The molecule has 1 amide bonds. The van der Waals surface area contributed by atoms with Gasteiger partial charge in [-0.2, -0.15) is 0 Å². The third kappa shape index (κ3) is 4.51. The Hall–Kier alpha value is -1.72. The summed E-state index contributed by atoms with van der Waals surface area (Å²) in [6.45, 7) is 6.29. The lowest BCUT2D eigenvalue weighted by Crippen LogP contribution is -2.24. The lowest BCUT2D eigenvalue weighted by Gasteiger charge is -2.19. The number of aliphatic imine (C=N–C) groups is 1. The molecule has 0 fully saturated rings. The van der Waals surface area contributed by atoms with Gasteiger partial charge >= 0.3 is 0 Å². The molecule has 0 saturated carbocycles. The number of nitrogens with one attached hydrogen (secondary N) is 1. The van der Waals surface area contributed by atoms with Crippen molar-refractivity contribution in [2.75, 3.05) is 5.32 Å². The number of carbonyl (C=O) groups excluding carboxylic acids is 1. The second kappa shape index (κ2) is 8.78. The minimum absolute atomic E-state index is 0.0212. The van der Waals surface area contributed by atoms with E-state index >= 15 is 0 Å².